The Kier molecular flexibility index (Phi) is 17.6. The van der Waals surface area contributed by atoms with Crippen molar-refractivity contribution in [2.45, 2.75) is 229 Å². The summed E-state index contributed by atoms with van der Waals surface area (Å²) in [6, 6.07) is 0.465. The van der Waals surface area contributed by atoms with Crippen molar-refractivity contribution in [2.24, 2.45) is 11.7 Å². The Hall–Kier alpha value is -1.60. The predicted octanol–water partition coefficient (Wildman–Crippen LogP) is 6.66. The summed E-state index contributed by atoms with van der Waals surface area (Å²) in [7, 11) is 0. The lowest BCUT2D eigenvalue weighted by molar-refractivity contribution is -0.252. The molecule has 5 rings (SSSR count). The minimum atomic E-state index is -0.901. The lowest BCUT2D eigenvalue weighted by Crippen LogP contribution is -2.81. The number of amides is 1. The van der Waals surface area contributed by atoms with Gasteiger partial charge in [-0.15, -0.1) is 0 Å². The van der Waals surface area contributed by atoms with Gasteiger partial charge in [0.2, 0.25) is 5.91 Å². The number of carbonyl (C=O) groups excluding carboxylic acids is 2. The van der Waals surface area contributed by atoms with E-state index in [1.165, 1.54) is 44.9 Å². The highest BCUT2D eigenvalue weighted by Crippen LogP contribution is 2.50. The van der Waals surface area contributed by atoms with Crippen LogP contribution in [0.25, 0.3) is 0 Å². The number of nitrogens with zero attached hydrogens (tertiary/aromatic N) is 1. The maximum absolute atomic E-state index is 14.4. The van der Waals surface area contributed by atoms with E-state index in [2.05, 4.69) is 53.8 Å². The second kappa shape index (κ2) is 21.8. The van der Waals surface area contributed by atoms with E-state index in [1.807, 2.05) is 0 Å². The summed E-state index contributed by atoms with van der Waals surface area (Å²) in [5, 5.41) is 20.6. The molecule has 0 bridgehead atoms. The van der Waals surface area contributed by atoms with Gasteiger partial charge < -0.3 is 30.4 Å². The fraction of sp³-hybridized carbons (Fsp3) is 0.907. The molecule has 5 saturated heterocycles. The van der Waals surface area contributed by atoms with E-state index < -0.39 is 11.8 Å². The van der Waals surface area contributed by atoms with Gasteiger partial charge in [-0.25, -0.2) is 0 Å². The van der Waals surface area contributed by atoms with Crippen LogP contribution in [0.4, 0.5) is 0 Å². The Morgan fingerprint density at radius 1 is 0.926 bits per heavy atom. The van der Waals surface area contributed by atoms with Gasteiger partial charge in [0.05, 0.1) is 12.2 Å². The molecule has 2 spiro atoms. The number of carbonyl (C=O) groups is 2. The number of hydrogen-bond donors (Lipinski definition) is 5. The third-order valence-corrected chi connectivity index (χ3v) is 13.0. The average Bonchev–Trinajstić information content (AvgIpc) is 3.75. The van der Waals surface area contributed by atoms with E-state index in [1.54, 1.807) is 0 Å². The predicted molar refractivity (Wildman–Crippen MR) is 213 cm³/mol. The zero-order valence-corrected chi connectivity index (χ0v) is 34.2. The molecule has 310 valence electrons. The van der Waals surface area contributed by atoms with E-state index in [9.17, 15) is 14.7 Å². The first-order valence-electron chi connectivity index (χ1n) is 22.4. The molecule has 1 amide bonds. The average molecular weight is 760 g/mol. The second-order valence-electron chi connectivity index (χ2n) is 17.2. The number of unbranched alkanes of at least 4 members (excludes halogenated alkanes) is 10. The van der Waals surface area contributed by atoms with Crippen molar-refractivity contribution in [1.29, 1.82) is 0 Å². The normalized spacial score (nSPS) is 33.4. The van der Waals surface area contributed by atoms with Gasteiger partial charge in [-0.2, -0.15) is 0 Å². The van der Waals surface area contributed by atoms with Crippen LogP contribution in [0.15, 0.2) is 12.2 Å². The Bertz CT molecular complexity index is 1180. The molecule has 0 saturated carbocycles. The Labute approximate surface area is 327 Å². The molecule has 5 aliphatic heterocycles. The van der Waals surface area contributed by atoms with Crippen LogP contribution in [0.3, 0.4) is 0 Å². The van der Waals surface area contributed by atoms with Crippen LogP contribution in [0, 0.1) is 5.92 Å². The van der Waals surface area contributed by atoms with Crippen molar-refractivity contribution >= 4 is 11.9 Å². The van der Waals surface area contributed by atoms with Gasteiger partial charge in [0.1, 0.15) is 35.9 Å². The highest BCUT2D eigenvalue weighted by molar-refractivity contribution is 5.80. The lowest BCUT2D eigenvalue weighted by atomic mass is 9.79. The van der Waals surface area contributed by atoms with Crippen molar-refractivity contribution in [3.8, 4) is 0 Å². The quantitative estimate of drug-likeness (QED) is 0.0435. The molecule has 5 fully saturated rings. The van der Waals surface area contributed by atoms with Gasteiger partial charge in [-0.05, 0) is 96.9 Å². The summed E-state index contributed by atoms with van der Waals surface area (Å²) < 4.78 is 20.0. The van der Waals surface area contributed by atoms with Gasteiger partial charge in [0, 0.05) is 25.0 Å². The summed E-state index contributed by atoms with van der Waals surface area (Å²) in [4.78, 5) is 28.8. The zero-order valence-electron chi connectivity index (χ0n) is 34.2. The number of hydrogen-bond acceptors (Lipinski definition) is 10. The first-order chi connectivity index (χ1) is 26.2. The Morgan fingerprint density at radius 3 is 2.30 bits per heavy atom. The summed E-state index contributed by atoms with van der Waals surface area (Å²) in [5.41, 5.74) is 4.38. The molecule has 0 aromatic heterocycles. The van der Waals surface area contributed by atoms with Crippen LogP contribution < -0.4 is 21.7 Å². The fourth-order valence-corrected chi connectivity index (χ4v) is 10.1. The molecule has 0 radical (unpaired) electrons. The molecule has 3 unspecified atom stereocenters. The number of esters is 1. The fourth-order valence-electron chi connectivity index (χ4n) is 10.1. The maximum Gasteiger partial charge on any atom is 0.315 e. The molecule has 10 atom stereocenters. The van der Waals surface area contributed by atoms with Crippen LogP contribution in [0.1, 0.15) is 175 Å². The van der Waals surface area contributed by atoms with E-state index in [4.69, 9.17) is 19.9 Å². The van der Waals surface area contributed by atoms with Gasteiger partial charge in [-0.3, -0.25) is 25.1 Å². The van der Waals surface area contributed by atoms with Crippen molar-refractivity contribution in [3.05, 3.63) is 12.2 Å². The minimum Gasteiger partial charge on any atom is -0.462 e. The Morgan fingerprint density at radius 2 is 1.63 bits per heavy atom. The number of aliphatic hydroxyl groups excluding tert-OH is 1. The third-order valence-electron chi connectivity index (χ3n) is 13.0. The van der Waals surface area contributed by atoms with E-state index in [-0.39, 0.29) is 54.2 Å². The molecule has 0 aromatic rings. The highest BCUT2D eigenvalue weighted by atomic mass is 16.6. The number of nitrogens with one attached hydrogen (secondary N) is 3. The van der Waals surface area contributed by atoms with E-state index in [0.29, 0.717) is 25.6 Å². The van der Waals surface area contributed by atoms with Gasteiger partial charge in [-0.1, -0.05) is 90.2 Å². The molecular formula is C43H77N5O6. The van der Waals surface area contributed by atoms with Gasteiger partial charge >= 0.3 is 5.97 Å². The molecule has 54 heavy (non-hydrogen) atoms. The van der Waals surface area contributed by atoms with Crippen LogP contribution in [0.2, 0.25) is 0 Å². The van der Waals surface area contributed by atoms with Crippen molar-refractivity contribution < 1.29 is 28.9 Å². The summed E-state index contributed by atoms with van der Waals surface area (Å²) >= 11 is 0. The molecule has 0 aliphatic carbocycles. The Balaban J connectivity index is 1.00. The molecule has 6 N–H and O–H groups in total. The number of aliphatic hydroxyl groups is 1. The zero-order chi connectivity index (χ0) is 38.4. The molecule has 11 nitrogen and oxygen atoms in total. The van der Waals surface area contributed by atoms with Crippen LogP contribution >= 0.6 is 0 Å². The molecular weight excluding hydrogens is 683 g/mol. The van der Waals surface area contributed by atoms with Gasteiger partial charge in [0.25, 0.3) is 0 Å². The molecule has 0 aromatic carbocycles. The highest BCUT2D eigenvalue weighted by Gasteiger charge is 2.64. The number of ether oxygens (including phenoxy) is 3. The van der Waals surface area contributed by atoms with E-state index >= 15 is 0 Å². The monoisotopic (exact) mass is 760 g/mol. The topological polar surface area (TPSA) is 147 Å². The van der Waals surface area contributed by atoms with E-state index in [0.717, 1.165) is 103 Å². The molecule has 5 heterocycles. The first kappa shape index (κ1) is 43.5. The standard InChI is InChI=1S/C43H77N5O6/c1-4-6-21-35-26-28-42(54-35)31-33-24-25-36-38(43(27-18-20-32(3)53-43)47-41(46-42)48(33)36)40(51)52-34(5-2)22-16-14-12-10-8-7-9-11-13-15-17-23-37(49)39(50)45-30-19-29-44/h6,21,32-38,41,46-47,49H,4-5,7-20,22-31,44H2,1-3H3,(H,45,50)/b21-6+/t32-,33+,34?,35+,36-,37?,38-,41?,42+,43-/m0/s1. The summed E-state index contributed by atoms with van der Waals surface area (Å²) in [6.45, 7) is 7.54. The van der Waals surface area contributed by atoms with Crippen LogP contribution in [0.5, 0.6) is 0 Å². The molecule has 11 heteroatoms. The first-order valence-corrected chi connectivity index (χ1v) is 22.4. The SMILES string of the molecule is CC/C=C/[C@@H]1CC[C@]2(C[C@H]3CC[C@H]4[C@@H](C(=O)OC(CC)CCCCCCCCCCCCCC(O)C(=O)NCCCN)[C@@]5(CCC[C@H](C)O5)NC(N2)N34)O1. The van der Waals surface area contributed by atoms with Crippen molar-refractivity contribution in [1.82, 2.24) is 20.9 Å². The maximum atomic E-state index is 14.4. The third kappa shape index (κ3) is 11.7. The second-order valence-corrected chi connectivity index (χ2v) is 17.2. The van der Waals surface area contributed by atoms with Crippen molar-refractivity contribution in [3.63, 3.8) is 0 Å². The van der Waals surface area contributed by atoms with Crippen molar-refractivity contribution in [2.75, 3.05) is 13.1 Å². The van der Waals surface area contributed by atoms with Gasteiger partial charge in [0.15, 0.2) is 0 Å². The smallest absolute Gasteiger partial charge is 0.315 e. The number of allylic oxidation sites excluding steroid dienone is 1. The summed E-state index contributed by atoms with van der Waals surface area (Å²) in [6.07, 6.45) is 28.5. The van der Waals surface area contributed by atoms with Crippen LogP contribution in [-0.4, -0.2) is 89.2 Å². The van der Waals surface area contributed by atoms with Crippen LogP contribution in [-0.2, 0) is 23.8 Å². The number of nitrogens with two attached hydrogens (primary N) is 1. The lowest BCUT2D eigenvalue weighted by Gasteiger charge is -2.60. The minimum absolute atomic E-state index is 0.0557. The number of rotatable bonds is 23. The summed E-state index contributed by atoms with van der Waals surface area (Å²) in [5.74, 6) is -0.693. The largest absolute Gasteiger partial charge is 0.462 e. The molecule has 5 aliphatic rings.